The molecule has 2 aromatic heterocycles. The van der Waals surface area contributed by atoms with Crippen LogP contribution in [-0.4, -0.2) is 45.9 Å². The molecule has 4 rings (SSSR count). The average molecular weight is 399 g/mol. The number of aromatic nitrogens is 2. The van der Waals surface area contributed by atoms with E-state index in [1.807, 2.05) is 24.3 Å². The second-order valence-corrected chi connectivity index (χ2v) is 7.41. The van der Waals surface area contributed by atoms with Crippen LogP contribution in [-0.2, 0) is 11.2 Å². The summed E-state index contributed by atoms with van der Waals surface area (Å²) in [5.41, 5.74) is 1.54. The van der Waals surface area contributed by atoms with Crippen molar-refractivity contribution in [1.82, 2.24) is 20.2 Å². The van der Waals surface area contributed by atoms with Crippen molar-refractivity contribution in [2.45, 2.75) is 52.0 Å². The zero-order valence-electron chi connectivity index (χ0n) is 22.3. The van der Waals surface area contributed by atoms with Crippen LogP contribution in [0, 0.1) is 6.92 Å². The molecular weight excluding hydrogens is 364 g/mol. The monoisotopic (exact) mass is 398 g/mol. The van der Waals surface area contributed by atoms with Gasteiger partial charge in [-0.2, -0.15) is 0 Å². The normalized spacial score (nSPS) is 19.3. The second-order valence-electron chi connectivity index (χ2n) is 7.41. The first kappa shape index (κ1) is 13.5. The lowest BCUT2D eigenvalue weighted by molar-refractivity contribution is -0.131. The summed E-state index contributed by atoms with van der Waals surface area (Å²) in [7, 11) is 0. The van der Waals surface area contributed by atoms with Crippen molar-refractivity contribution < 1.29 is 17.4 Å². The molecule has 0 atom stereocenters. The lowest BCUT2D eigenvalue weighted by Crippen LogP contribution is -2.47. The number of likely N-dealkylation sites (tertiary alicyclic amines) is 1. The molecule has 1 saturated heterocycles. The fourth-order valence-electron chi connectivity index (χ4n) is 3.73. The van der Waals surface area contributed by atoms with Gasteiger partial charge in [-0.15, -0.1) is 0 Å². The van der Waals surface area contributed by atoms with Gasteiger partial charge in [0.05, 0.1) is 18.3 Å². The second kappa shape index (κ2) is 8.33. The maximum atomic E-state index is 12.9. The summed E-state index contributed by atoms with van der Waals surface area (Å²) in [6.07, 6.45) is 4.54. The number of carbonyl (C=O) groups excluding carboxylic acids is 1. The highest BCUT2D eigenvalue weighted by Crippen LogP contribution is 2.25. The summed E-state index contributed by atoms with van der Waals surface area (Å²) in [5, 5.41) is 4.69. The van der Waals surface area contributed by atoms with Crippen molar-refractivity contribution >= 4 is 16.7 Å². The molecule has 0 bridgehead atoms. The number of pyridine rings is 1. The third kappa shape index (κ3) is 4.65. The number of oxazole rings is 1. The summed E-state index contributed by atoms with van der Waals surface area (Å²) in [6.45, 7) is -2.63. The molecule has 6 heteroatoms. The molecule has 0 unspecified atom stereocenters. The Labute approximate surface area is 179 Å². The first-order chi connectivity index (χ1) is 16.4. The van der Waals surface area contributed by atoms with Crippen LogP contribution in [0.2, 0.25) is 0 Å². The highest BCUT2D eigenvalue weighted by atomic mass is 16.4. The summed E-state index contributed by atoms with van der Waals surface area (Å²) < 4.78 is 50.9. The molecule has 3 heterocycles. The summed E-state index contributed by atoms with van der Waals surface area (Å²) in [4.78, 5) is 23.2. The number of hydrogen-bond acceptors (Lipinski definition) is 5. The number of benzene rings is 1. The largest absolute Gasteiger partial charge is 0.441 e. The van der Waals surface area contributed by atoms with Gasteiger partial charge in [0, 0.05) is 57.5 Å². The predicted octanol–water partition coefficient (Wildman–Crippen LogP) is 3.73. The summed E-state index contributed by atoms with van der Waals surface area (Å²) >= 11 is 0. The number of amides is 1. The third-order valence-electron chi connectivity index (χ3n) is 5.27. The van der Waals surface area contributed by atoms with Gasteiger partial charge in [0.15, 0.2) is 11.7 Å². The molecule has 0 saturated carbocycles. The van der Waals surface area contributed by atoms with Crippen molar-refractivity contribution in [1.29, 1.82) is 0 Å². The molecule has 29 heavy (non-hydrogen) atoms. The lowest BCUT2D eigenvalue weighted by Gasteiger charge is -2.33. The van der Waals surface area contributed by atoms with E-state index in [0.29, 0.717) is 43.3 Å². The topological polar surface area (TPSA) is 71.3 Å². The van der Waals surface area contributed by atoms with Gasteiger partial charge in [-0.25, -0.2) is 4.98 Å². The Morgan fingerprint density at radius 3 is 2.79 bits per heavy atom. The van der Waals surface area contributed by atoms with Crippen LogP contribution >= 0.6 is 0 Å². The lowest BCUT2D eigenvalue weighted by atomic mass is 10.0. The van der Waals surface area contributed by atoms with Crippen LogP contribution in [0.4, 0.5) is 0 Å². The minimum absolute atomic E-state index is 0.0690. The van der Waals surface area contributed by atoms with Crippen LogP contribution < -0.4 is 5.32 Å². The smallest absolute Gasteiger partial charge is 0.228 e. The van der Waals surface area contributed by atoms with Gasteiger partial charge in [-0.1, -0.05) is 25.8 Å². The molecular formula is C23H28N4O2. The first-order valence-electron chi connectivity index (χ1n) is 12.8. The molecule has 0 radical (unpaired) electrons. The Kier molecular flexibility index (Phi) is 3.87. The Morgan fingerprint density at radius 1 is 1.24 bits per heavy atom. The summed E-state index contributed by atoms with van der Waals surface area (Å²) in [5.74, 6) is 1.20. The van der Waals surface area contributed by atoms with Gasteiger partial charge in [0.2, 0.25) is 5.91 Å². The molecule has 1 aliphatic heterocycles. The van der Waals surface area contributed by atoms with Crippen LogP contribution in [0.3, 0.4) is 0 Å². The number of nitrogens with zero attached hydrogens (tertiary/aromatic N) is 3. The molecule has 1 aromatic carbocycles. The Bertz CT molecular complexity index is 1180. The maximum absolute atomic E-state index is 12.9. The van der Waals surface area contributed by atoms with Gasteiger partial charge in [0.25, 0.3) is 0 Å². The van der Waals surface area contributed by atoms with Crippen LogP contribution in [0.15, 0.2) is 41.1 Å². The molecule has 152 valence electrons. The van der Waals surface area contributed by atoms with E-state index in [0.717, 1.165) is 16.3 Å². The zero-order chi connectivity index (χ0) is 25.4. The molecule has 0 spiro atoms. The SMILES string of the molecule is [2H]C([2H])([2H])C(NC1CCN(C(=O)Cc2cc3cc(-c4cnc(C)o4)ccc3cn2)CC1)C([2H])([2H])[2H]. The van der Waals surface area contributed by atoms with Gasteiger partial charge < -0.3 is 14.6 Å². The van der Waals surface area contributed by atoms with Gasteiger partial charge in [-0.05, 0) is 30.4 Å². The van der Waals surface area contributed by atoms with Crippen LogP contribution in [0.25, 0.3) is 22.1 Å². The minimum atomic E-state index is -2.63. The van der Waals surface area contributed by atoms with E-state index in [1.165, 1.54) is 0 Å². The standard InChI is InChI=1S/C23H28N4O2/c1-15(2)26-20-6-8-27(9-7-20)23(28)12-21-11-19-10-17(4-5-18(19)13-25-21)22-14-24-16(3)29-22/h4-5,10-11,13-15,20,26H,6-9,12H2,1-3H3/i1D3,2D3. The third-order valence-corrected chi connectivity index (χ3v) is 5.27. The highest BCUT2D eigenvalue weighted by Gasteiger charge is 2.23. The van der Waals surface area contributed by atoms with Crippen molar-refractivity contribution in [2.75, 3.05) is 13.1 Å². The van der Waals surface area contributed by atoms with E-state index in [-0.39, 0.29) is 18.4 Å². The molecule has 6 nitrogen and oxygen atoms in total. The Morgan fingerprint density at radius 2 is 2.07 bits per heavy atom. The van der Waals surface area contributed by atoms with Crippen molar-refractivity contribution in [3.8, 4) is 11.3 Å². The van der Waals surface area contributed by atoms with E-state index >= 15 is 0 Å². The van der Waals surface area contributed by atoms with Crippen molar-refractivity contribution in [3.63, 3.8) is 0 Å². The van der Waals surface area contributed by atoms with Crippen molar-refractivity contribution in [2.24, 2.45) is 0 Å². The number of carbonyl (C=O) groups is 1. The van der Waals surface area contributed by atoms with Crippen LogP contribution in [0.1, 0.15) is 46.4 Å². The average Bonchev–Trinajstić information content (AvgIpc) is 3.22. The molecule has 1 N–H and O–H groups in total. The van der Waals surface area contributed by atoms with E-state index in [9.17, 15) is 4.79 Å². The number of fused-ring (bicyclic) bond motifs is 1. The number of aryl methyl sites for hydroxylation is 1. The highest BCUT2D eigenvalue weighted by molar-refractivity contribution is 5.87. The van der Waals surface area contributed by atoms with Crippen LogP contribution in [0.5, 0.6) is 0 Å². The number of piperidine rings is 1. The Balaban J connectivity index is 1.38. The Hall–Kier alpha value is -2.73. The van der Waals surface area contributed by atoms with E-state index in [1.54, 1.807) is 24.2 Å². The number of rotatable bonds is 5. The first-order valence-corrected chi connectivity index (χ1v) is 9.75. The van der Waals surface area contributed by atoms with Gasteiger partial charge in [-0.3, -0.25) is 9.78 Å². The summed E-state index contributed by atoms with van der Waals surface area (Å²) in [6, 6.07) is 5.90. The fourth-order valence-corrected chi connectivity index (χ4v) is 3.73. The van der Waals surface area contributed by atoms with E-state index in [4.69, 9.17) is 12.6 Å². The zero-order valence-corrected chi connectivity index (χ0v) is 16.3. The maximum Gasteiger partial charge on any atom is 0.228 e. The quantitative estimate of drug-likeness (QED) is 0.709. The van der Waals surface area contributed by atoms with Gasteiger partial charge in [0.1, 0.15) is 0 Å². The fraction of sp³-hybridized carbons (Fsp3) is 0.435. The predicted molar refractivity (Wildman–Crippen MR) is 114 cm³/mol. The minimum Gasteiger partial charge on any atom is -0.441 e. The van der Waals surface area contributed by atoms with Crippen molar-refractivity contribution in [3.05, 3.63) is 48.2 Å². The van der Waals surface area contributed by atoms with E-state index in [2.05, 4.69) is 15.3 Å². The van der Waals surface area contributed by atoms with E-state index < -0.39 is 19.7 Å². The molecule has 1 amide bonds. The number of nitrogens with one attached hydrogen (secondary N) is 1. The molecule has 1 aliphatic rings. The number of hydrogen-bond donors (Lipinski definition) is 1. The molecule has 3 aromatic rings. The molecule has 1 fully saturated rings. The van der Waals surface area contributed by atoms with Gasteiger partial charge >= 0.3 is 0 Å². The molecule has 0 aliphatic carbocycles.